The molecule has 0 heteroatoms. The van der Waals surface area contributed by atoms with Gasteiger partial charge in [-0.3, -0.25) is 0 Å². The van der Waals surface area contributed by atoms with Crippen molar-refractivity contribution in [3.63, 3.8) is 0 Å². The Labute approximate surface area is 70.0 Å². The molecular weight excluding hydrogens is 132 g/mol. The highest BCUT2D eigenvalue weighted by atomic mass is 14.2. The molecule has 0 spiro atoms. The molecule has 0 N–H and O–H groups in total. The molecule has 1 aliphatic carbocycles. The second kappa shape index (κ2) is 4.41. The largest absolute Gasteiger partial charge is 0.129 e. The second-order valence-electron chi connectivity index (χ2n) is 3.53. The molecule has 62 valence electrons. The van der Waals surface area contributed by atoms with Crippen LogP contribution in [-0.4, -0.2) is 0 Å². The number of hydrogen-bond donors (Lipinski definition) is 0. The number of unbranched alkanes of at least 4 members (excludes halogenated alkanes) is 1. The van der Waals surface area contributed by atoms with Gasteiger partial charge in [-0.2, -0.15) is 0 Å². The molecule has 0 bridgehead atoms. The van der Waals surface area contributed by atoms with Crippen molar-refractivity contribution in [2.45, 2.75) is 39.5 Å². The normalized spacial score (nSPS) is 29.3. The van der Waals surface area contributed by atoms with Gasteiger partial charge in [-0.05, 0) is 36.8 Å². The average Bonchev–Trinajstić information content (AvgIpc) is 2.03. The van der Waals surface area contributed by atoms with E-state index in [1.807, 2.05) is 0 Å². The molecule has 0 saturated carbocycles. The third-order valence-electron chi connectivity index (χ3n) is 2.57. The summed E-state index contributed by atoms with van der Waals surface area (Å²) in [6.45, 7) is 4.57. The number of allylic oxidation sites excluding steroid dienone is 1. The highest BCUT2D eigenvalue weighted by Crippen LogP contribution is 2.25. The van der Waals surface area contributed by atoms with E-state index in [2.05, 4.69) is 31.7 Å². The van der Waals surface area contributed by atoms with Crippen LogP contribution in [0.2, 0.25) is 0 Å². The van der Waals surface area contributed by atoms with Gasteiger partial charge in [0.15, 0.2) is 0 Å². The molecule has 0 nitrogen and oxygen atoms in total. The highest BCUT2D eigenvalue weighted by Gasteiger charge is 2.14. The fraction of sp³-hybridized carbons (Fsp3) is 0.727. The zero-order chi connectivity index (χ0) is 8.10. The minimum atomic E-state index is 0.756. The fourth-order valence-corrected chi connectivity index (χ4v) is 1.64. The minimum Gasteiger partial charge on any atom is -0.129 e. The van der Waals surface area contributed by atoms with Crippen LogP contribution in [0.1, 0.15) is 39.5 Å². The maximum Gasteiger partial charge on any atom is -0.0154 e. The smallest absolute Gasteiger partial charge is 0.0154 e. The Morgan fingerprint density at radius 2 is 2.36 bits per heavy atom. The van der Waals surface area contributed by atoms with Crippen molar-refractivity contribution in [1.82, 2.24) is 0 Å². The predicted molar refractivity (Wildman–Crippen MR) is 49.4 cm³/mol. The summed E-state index contributed by atoms with van der Waals surface area (Å²) < 4.78 is 0. The molecule has 1 aliphatic rings. The molecule has 0 aromatic heterocycles. The molecule has 0 fully saturated rings. The van der Waals surface area contributed by atoms with Crippen molar-refractivity contribution in [3.05, 3.63) is 17.9 Å². The second-order valence-corrected chi connectivity index (χ2v) is 3.53. The zero-order valence-corrected chi connectivity index (χ0v) is 7.64. The summed E-state index contributed by atoms with van der Waals surface area (Å²) in [5.74, 6) is 1.66. The van der Waals surface area contributed by atoms with Crippen molar-refractivity contribution in [2.75, 3.05) is 0 Å². The van der Waals surface area contributed by atoms with Gasteiger partial charge in [-0.25, -0.2) is 0 Å². The van der Waals surface area contributed by atoms with E-state index in [1.165, 1.54) is 25.7 Å². The van der Waals surface area contributed by atoms with Gasteiger partial charge in [0.2, 0.25) is 0 Å². The van der Waals surface area contributed by atoms with Gasteiger partial charge >= 0.3 is 0 Å². The van der Waals surface area contributed by atoms with Crippen LogP contribution in [0.15, 0.2) is 17.9 Å². The van der Waals surface area contributed by atoms with E-state index in [0.717, 1.165) is 11.8 Å². The third-order valence-corrected chi connectivity index (χ3v) is 2.57. The van der Waals surface area contributed by atoms with E-state index in [9.17, 15) is 0 Å². The van der Waals surface area contributed by atoms with E-state index in [-0.39, 0.29) is 0 Å². The first-order chi connectivity index (χ1) is 5.34. The number of hydrogen-bond acceptors (Lipinski definition) is 0. The van der Waals surface area contributed by atoms with Crippen LogP contribution in [0.4, 0.5) is 0 Å². The summed E-state index contributed by atoms with van der Waals surface area (Å²) in [6.07, 6.45) is 9.75. The molecule has 0 aromatic rings. The van der Waals surface area contributed by atoms with Gasteiger partial charge in [-0.1, -0.05) is 26.7 Å². The first-order valence-electron chi connectivity index (χ1n) is 4.75. The van der Waals surface area contributed by atoms with Crippen LogP contribution in [0.3, 0.4) is 0 Å². The molecule has 2 atom stereocenters. The molecule has 0 aliphatic heterocycles. The first-order valence-corrected chi connectivity index (χ1v) is 4.75. The Morgan fingerprint density at radius 1 is 1.55 bits per heavy atom. The lowest BCUT2D eigenvalue weighted by molar-refractivity contribution is 0.378. The molecule has 1 rings (SSSR count). The monoisotopic (exact) mass is 150 g/mol. The van der Waals surface area contributed by atoms with Gasteiger partial charge < -0.3 is 0 Å². The van der Waals surface area contributed by atoms with Gasteiger partial charge in [0, 0.05) is 0 Å². The molecule has 0 heterocycles. The van der Waals surface area contributed by atoms with Crippen LogP contribution >= 0.6 is 0 Å². The summed E-state index contributed by atoms with van der Waals surface area (Å²) in [6, 6.07) is 0. The Balaban J connectivity index is 2.31. The zero-order valence-electron chi connectivity index (χ0n) is 7.64. The van der Waals surface area contributed by atoms with Gasteiger partial charge in [-0.15, -0.1) is 5.73 Å². The first kappa shape index (κ1) is 8.62. The van der Waals surface area contributed by atoms with Crippen molar-refractivity contribution in [2.24, 2.45) is 11.8 Å². The molecule has 0 radical (unpaired) electrons. The lowest BCUT2D eigenvalue weighted by Gasteiger charge is -2.20. The van der Waals surface area contributed by atoms with Crippen molar-refractivity contribution in [1.29, 1.82) is 0 Å². The topological polar surface area (TPSA) is 0 Å². The van der Waals surface area contributed by atoms with E-state index in [4.69, 9.17) is 0 Å². The molecule has 2 unspecified atom stereocenters. The average molecular weight is 150 g/mol. The van der Waals surface area contributed by atoms with Crippen LogP contribution in [-0.2, 0) is 0 Å². The Hall–Kier alpha value is -0.480. The van der Waals surface area contributed by atoms with Gasteiger partial charge in [0.25, 0.3) is 0 Å². The highest BCUT2D eigenvalue weighted by molar-refractivity contribution is 4.98. The lowest BCUT2D eigenvalue weighted by Crippen LogP contribution is -2.10. The van der Waals surface area contributed by atoms with Crippen LogP contribution in [0, 0.1) is 11.8 Å². The van der Waals surface area contributed by atoms with E-state index in [1.54, 1.807) is 0 Å². The van der Waals surface area contributed by atoms with Gasteiger partial charge in [0.1, 0.15) is 0 Å². The van der Waals surface area contributed by atoms with Crippen molar-refractivity contribution in [3.8, 4) is 0 Å². The van der Waals surface area contributed by atoms with E-state index in [0.29, 0.717) is 0 Å². The third kappa shape index (κ3) is 2.55. The molecule has 0 amide bonds. The Kier molecular flexibility index (Phi) is 3.45. The molecule has 11 heavy (non-hydrogen) atoms. The van der Waals surface area contributed by atoms with Crippen molar-refractivity contribution < 1.29 is 0 Å². The quantitative estimate of drug-likeness (QED) is 0.540. The molecule has 0 saturated heterocycles. The summed E-state index contributed by atoms with van der Waals surface area (Å²) in [5.41, 5.74) is 3.19. The maximum atomic E-state index is 3.19. The van der Waals surface area contributed by atoms with Crippen molar-refractivity contribution >= 4 is 0 Å². The Morgan fingerprint density at radius 3 is 3.00 bits per heavy atom. The summed E-state index contributed by atoms with van der Waals surface area (Å²) in [7, 11) is 0. The maximum absolute atomic E-state index is 3.19. The minimum absolute atomic E-state index is 0.756. The summed E-state index contributed by atoms with van der Waals surface area (Å²) in [4.78, 5) is 0. The summed E-state index contributed by atoms with van der Waals surface area (Å²) in [5, 5.41) is 0. The van der Waals surface area contributed by atoms with E-state index >= 15 is 0 Å². The van der Waals surface area contributed by atoms with Crippen LogP contribution in [0.25, 0.3) is 0 Å². The SMILES string of the molecule is CCCCC1CC=C=CC1C. The van der Waals surface area contributed by atoms with Gasteiger partial charge in [0.05, 0.1) is 0 Å². The lowest BCUT2D eigenvalue weighted by atomic mass is 9.84. The summed E-state index contributed by atoms with van der Waals surface area (Å²) >= 11 is 0. The number of rotatable bonds is 3. The fourth-order valence-electron chi connectivity index (χ4n) is 1.64. The van der Waals surface area contributed by atoms with E-state index < -0.39 is 0 Å². The Bertz CT molecular complexity index is 161. The predicted octanol–water partition coefficient (Wildman–Crippen LogP) is 3.54. The standard InChI is InChI=1S/C11H18/c1-3-4-8-11-9-6-5-7-10(11)2/h6-7,10-11H,3-4,8-9H2,1-2H3. The molecule has 0 aromatic carbocycles. The van der Waals surface area contributed by atoms with Crippen LogP contribution in [0.5, 0.6) is 0 Å². The molecular formula is C11H18. The van der Waals surface area contributed by atoms with Crippen LogP contribution < -0.4 is 0 Å².